The number of hydrogen-bond acceptors (Lipinski definition) is 4. The summed E-state index contributed by atoms with van der Waals surface area (Å²) in [5.74, 6) is -0.487. The first kappa shape index (κ1) is 24.5. The number of allylic oxidation sites excluding steroid dienone is 4. The molecule has 1 unspecified atom stereocenters. The fourth-order valence-corrected chi connectivity index (χ4v) is 5.48. The van der Waals surface area contributed by atoms with E-state index >= 15 is 0 Å². The van der Waals surface area contributed by atoms with Crippen molar-refractivity contribution in [1.29, 1.82) is 0 Å². The van der Waals surface area contributed by atoms with Gasteiger partial charge in [0.1, 0.15) is 5.75 Å². The van der Waals surface area contributed by atoms with Crippen LogP contribution in [0.1, 0.15) is 42.9 Å². The van der Waals surface area contributed by atoms with E-state index < -0.39 is 22.1 Å². The first-order valence-corrected chi connectivity index (χ1v) is 12.6. The molecule has 0 bridgehead atoms. The lowest BCUT2D eigenvalue weighted by Gasteiger charge is -2.19. The predicted molar refractivity (Wildman–Crippen MR) is 126 cm³/mol. The Balaban J connectivity index is 1.41. The lowest BCUT2D eigenvalue weighted by atomic mass is 9.87. The molecule has 1 heterocycles. The number of sulfonamides is 1. The summed E-state index contributed by atoms with van der Waals surface area (Å²) < 4.78 is 68.2. The normalized spacial score (nSPS) is 17.8. The third kappa shape index (κ3) is 5.71. The van der Waals surface area contributed by atoms with Gasteiger partial charge in [-0.2, -0.15) is 0 Å². The molecule has 0 radical (unpaired) electrons. The maximum Gasteiger partial charge on any atom is 0.573 e. The summed E-state index contributed by atoms with van der Waals surface area (Å²) >= 11 is 6.55. The second-order valence-corrected chi connectivity index (χ2v) is 10.1. The molecule has 4 rings (SSSR count). The van der Waals surface area contributed by atoms with Gasteiger partial charge in [0.15, 0.2) is 0 Å². The van der Waals surface area contributed by atoms with Crippen molar-refractivity contribution in [3.05, 3.63) is 76.3 Å². The molecule has 1 N–H and O–H groups in total. The van der Waals surface area contributed by atoms with Gasteiger partial charge in [-0.3, -0.25) is 4.99 Å². The number of rotatable bonds is 7. The molecule has 0 saturated carbocycles. The van der Waals surface area contributed by atoms with E-state index in [-0.39, 0.29) is 17.5 Å². The van der Waals surface area contributed by atoms with Gasteiger partial charge in [-0.1, -0.05) is 35.9 Å². The average Bonchev–Trinajstić information content (AvgIpc) is 2.94. The van der Waals surface area contributed by atoms with Gasteiger partial charge < -0.3 is 4.74 Å². The molecule has 1 aliphatic carbocycles. The van der Waals surface area contributed by atoms with Gasteiger partial charge in [0, 0.05) is 23.3 Å². The number of halogens is 4. The molecule has 0 saturated heterocycles. The molecule has 34 heavy (non-hydrogen) atoms. The van der Waals surface area contributed by atoms with E-state index in [0.29, 0.717) is 17.9 Å². The summed E-state index contributed by atoms with van der Waals surface area (Å²) in [4.78, 5) is 4.59. The van der Waals surface area contributed by atoms with Gasteiger partial charge in [0.05, 0.1) is 10.9 Å². The molecule has 0 amide bonds. The van der Waals surface area contributed by atoms with Crippen molar-refractivity contribution in [3.8, 4) is 5.75 Å². The van der Waals surface area contributed by atoms with Crippen LogP contribution >= 0.6 is 11.6 Å². The van der Waals surface area contributed by atoms with Crippen molar-refractivity contribution in [1.82, 2.24) is 4.72 Å². The van der Waals surface area contributed by atoms with Crippen LogP contribution < -0.4 is 9.46 Å². The van der Waals surface area contributed by atoms with Crippen LogP contribution in [0.15, 0.2) is 70.1 Å². The number of benzene rings is 2. The molecule has 2 aliphatic rings. The molecular formula is C24H22ClF3N2O3S. The first-order chi connectivity index (χ1) is 16.1. The summed E-state index contributed by atoms with van der Waals surface area (Å²) in [6, 6.07) is 9.65. The number of nitrogens with zero attached hydrogens (tertiary/aromatic N) is 1. The zero-order valence-corrected chi connectivity index (χ0v) is 19.6. The number of aliphatic imine (C=N–C) groups is 1. The van der Waals surface area contributed by atoms with Gasteiger partial charge in [-0.05, 0) is 72.7 Å². The van der Waals surface area contributed by atoms with Gasteiger partial charge in [0.25, 0.3) is 0 Å². The highest BCUT2D eigenvalue weighted by atomic mass is 35.5. The monoisotopic (exact) mass is 510 g/mol. The SMILES string of the molecule is O=S(=O)(NCCCC1N=CC2=C(CCC=C2)c2cccc(Cl)c21)c1ccc(OC(F)(F)F)cc1. The third-order valence-electron chi connectivity index (χ3n) is 5.63. The van der Waals surface area contributed by atoms with Crippen LogP contribution in [0, 0.1) is 0 Å². The minimum atomic E-state index is -4.84. The summed E-state index contributed by atoms with van der Waals surface area (Å²) in [5, 5.41) is 0.629. The quantitative estimate of drug-likeness (QED) is 0.449. The zero-order chi connectivity index (χ0) is 24.3. The third-order valence-corrected chi connectivity index (χ3v) is 7.43. The summed E-state index contributed by atoms with van der Waals surface area (Å²) in [7, 11) is -3.89. The fourth-order valence-electron chi connectivity index (χ4n) is 4.10. The highest BCUT2D eigenvalue weighted by molar-refractivity contribution is 7.89. The van der Waals surface area contributed by atoms with Crippen LogP contribution in [-0.4, -0.2) is 27.5 Å². The maximum atomic E-state index is 12.5. The number of ether oxygens (including phenoxy) is 1. The molecule has 1 aliphatic heterocycles. The molecule has 180 valence electrons. The van der Waals surface area contributed by atoms with Crippen molar-refractivity contribution in [3.63, 3.8) is 0 Å². The number of hydrogen-bond donors (Lipinski definition) is 1. The van der Waals surface area contributed by atoms with Gasteiger partial charge in [-0.15, -0.1) is 13.2 Å². The van der Waals surface area contributed by atoms with E-state index in [4.69, 9.17) is 16.6 Å². The topological polar surface area (TPSA) is 67.8 Å². The second-order valence-electron chi connectivity index (χ2n) is 7.93. The van der Waals surface area contributed by atoms with Gasteiger partial charge >= 0.3 is 6.36 Å². The van der Waals surface area contributed by atoms with E-state index in [0.717, 1.165) is 53.8 Å². The predicted octanol–water partition coefficient (Wildman–Crippen LogP) is 6.23. The largest absolute Gasteiger partial charge is 0.573 e. The van der Waals surface area contributed by atoms with Crippen molar-refractivity contribution < 1.29 is 26.3 Å². The highest BCUT2D eigenvalue weighted by Gasteiger charge is 2.31. The van der Waals surface area contributed by atoms with E-state index in [1.165, 1.54) is 5.57 Å². The summed E-state index contributed by atoms with van der Waals surface area (Å²) in [5.41, 5.74) is 4.31. The summed E-state index contributed by atoms with van der Waals surface area (Å²) in [6.07, 6.45) is 4.12. The average molecular weight is 511 g/mol. The number of nitrogens with one attached hydrogen (secondary N) is 1. The van der Waals surface area contributed by atoms with E-state index in [2.05, 4.69) is 21.6 Å². The Hall–Kier alpha value is -2.62. The van der Waals surface area contributed by atoms with Crippen LogP contribution in [0.2, 0.25) is 5.02 Å². The van der Waals surface area contributed by atoms with Crippen LogP contribution in [0.3, 0.4) is 0 Å². The van der Waals surface area contributed by atoms with Crippen LogP contribution in [-0.2, 0) is 10.0 Å². The molecule has 1 atom stereocenters. The fraction of sp³-hybridized carbons (Fsp3) is 0.292. The van der Waals surface area contributed by atoms with Gasteiger partial charge in [0.2, 0.25) is 10.0 Å². The van der Waals surface area contributed by atoms with Crippen LogP contribution in [0.4, 0.5) is 13.2 Å². The maximum absolute atomic E-state index is 12.5. The molecule has 2 aromatic rings. The van der Waals surface area contributed by atoms with Crippen LogP contribution in [0.5, 0.6) is 5.75 Å². The Morgan fingerprint density at radius 2 is 1.91 bits per heavy atom. The van der Waals surface area contributed by atoms with Gasteiger partial charge in [-0.25, -0.2) is 13.1 Å². The zero-order valence-electron chi connectivity index (χ0n) is 18.0. The molecule has 0 aromatic heterocycles. The smallest absolute Gasteiger partial charge is 0.406 e. The standard InChI is InChI=1S/C24H22ClF3N2O3S/c25-21-8-3-7-20-19-6-2-1-5-16(19)15-29-22(23(20)21)9-4-14-30-34(31,32)18-12-10-17(11-13-18)33-24(26,27)28/h1,3,5,7-8,10-13,15,22,30H,2,4,6,9,14H2. The molecule has 0 spiro atoms. The Labute approximate surface area is 201 Å². The van der Waals surface area contributed by atoms with Crippen LogP contribution in [0.25, 0.3) is 5.57 Å². The van der Waals surface area contributed by atoms with E-state index in [1.54, 1.807) is 0 Å². The molecule has 10 heteroatoms. The number of alkyl halides is 3. The minimum Gasteiger partial charge on any atom is -0.406 e. The molecule has 0 fully saturated rings. The Bertz CT molecular complexity index is 1250. The molecule has 2 aromatic carbocycles. The Morgan fingerprint density at radius 3 is 2.65 bits per heavy atom. The Kier molecular flexibility index (Phi) is 7.16. The van der Waals surface area contributed by atoms with Crippen molar-refractivity contribution in [2.75, 3.05) is 6.54 Å². The number of fused-ring (bicyclic) bond motifs is 2. The lowest BCUT2D eigenvalue weighted by molar-refractivity contribution is -0.274. The first-order valence-electron chi connectivity index (χ1n) is 10.7. The van der Waals surface area contributed by atoms with Crippen molar-refractivity contribution >= 4 is 33.4 Å². The second kappa shape index (κ2) is 9.93. The summed E-state index contributed by atoms with van der Waals surface area (Å²) in [6.45, 7) is 0.141. The Morgan fingerprint density at radius 1 is 1.15 bits per heavy atom. The molecule has 5 nitrogen and oxygen atoms in total. The molecular weight excluding hydrogens is 489 g/mol. The van der Waals surface area contributed by atoms with E-state index in [1.807, 2.05) is 24.4 Å². The highest BCUT2D eigenvalue weighted by Crippen LogP contribution is 2.41. The van der Waals surface area contributed by atoms with E-state index in [9.17, 15) is 21.6 Å². The lowest BCUT2D eigenvalue weighted by Crippen LogP contribution is -2.25. The van der Waals surface area contributed by atoms with Crippen molar-refractivity contribution in [2.24, 2.45) is 4.99 Å². The van der Waals surface area contributed by atoms with Crippen molar-refractivity contribution in [2.45, 2.75) is 43.0 Å². The minimum absolute atomic E-state index is 0.141.